The Morgan fingerprint density at radius 2 is 1.89 bits per heavy atom. The van der Waals surface area contributed by atoms with Crippen LogP contribution < -0.4 is 5.32 Å². The third kappa shape index (κ3) is 5.34. The van der Waals surface area contributed by atoms with Gasteiger partial charge in [0.1, 0.15) is 0 Å². The van der Waals surface area contributed by atoms with Gasteiger partial charge in [0.05, 0.1) is 6.26 Å². The second-order valence-electron chi connectivity index (χ2n) is 8.04. The topological polar surface area (TPSA) is 45.5 Å². The van der Waals surface area contributed by atoms with Gasteiger partial charge < -0.3 is 14.6 Å². The van der Waals surface area contributed by atoms with Gasteiger partial charge in [-0.3, -0.25) is 4.79 Å². The van der Waals surface area contributed by atoms with Crippen LogP contribution in [0.5, 0.6) is 0 Å². The number of benzene rings is 1. The predicted octanol–water partition coefficient (Wildman–Crippen LogP) is 5.47. The molecule has 0 radical (unpaired) electrons. The molecule has 0 bridgehead atoms. The molecule has 5 heteroatoms. The number of nitrogens with zero attached hydrogens (tertiary/aromatic N) is 1. The second kappa shape index (κ2) is 10.1. The van der Waals surface area contributed by atoms with Gasteiger partial charge in [0.25, 0.3) is 0 Å². The van der Waals surface area contributed by atoms with Crippen LogP contribution in [0.2, 0.25) is 0 Å². The molecule has 1 saturated carbocycles. The third-order valence-electron chi connectivity index (χ3n) is 6.09. The number of hydrogen-bond donors (Lipinski definition) is 1. The van der Waals surface area contributed by atoms with Gasteiger partial charge >= 0.3 is 0 Å². The van der Waals surface area contributed by atoms with Gasteiger partial charge in [-0.1, -0.05) is 32.3 Å². The summed E-state index contributed by atoms with van der Waals surface area (Å²) >= 11 is 0. The van der Waals surface area contributed by atoms with Crippen molar-refractivity contribution in [3.05, 3.63) is 35.8 Å². The molecule has 2 fully saturated rings. The summed E-state index contributed by atoms with van der Waals surface area (Å²) in [7, 11) is 0. The lowest BCUT2D eigenvalue weighted by atomic mass is 9.87. The number of likely N-dealkylation sites (tertiary alicyclic amines) is 1. The van der Waals surface area contributed by atoms with E-state index < -0.39 is 0 Å². The van der Waals surface area contributed by atoms with Crippen molar-refractivity contribution in [1.29, 1.82) is 0 Å². The van der Waals surface area contributed by atoms with Crippen LogP contribution in [-0.4, -0.2) is 36.5 Å². The molecule has 1 aromatic heterocycles. The maximum atomic E-state index is 13.6. The maximum Gasteiger partial charge on any atom is 0.217 e. The number of carbonyl (C=O) groups excluding carboxylic acids is 1. The Bertz CT molecular complexity index is 765. The van der Waals surface area contributed by atoms with Gasteiger partial charge in [-0.15, -0.1) is 0 Å². The van der Waals surface area contributed by atoms with Crippen molar-refractivity contribution in [1.82, 2.24) is 10.2 Å². The van der Waals surface area contributed by atoms with Crippen molar-refractivity contribution >= 4 is 16.9 Å². The SMILES string of the molecule is CC(=O)NC1CCCCC1.CCN1CCC(c2ccc(F)c3occc23)CC1.[HH]. The molecule has 156 valence electrons. The molecule has 4 nitrogen and oxygen atoms in total. The highest BCUT2D eigenvalue weighted by Gasteiger charge is 2.22. The maximum absolute atomic E-state index is 13.6. The summed E-state index contributed by atoms with van der Waals surface area (Å²) in [5.41, 5.74) is 1.65. The van der Waals surface area contributed by atoms with Crippen LogP contribution in [0.3, 0.4) is 0 Å². The predicted molar refractivity (Wildman–Crippen MR) is 113 cm³/mol. The molecule has 1 aliphatic carbocycles. The smallest absolute Gasteiger partial charge is 0.217 e. The monoisotopic (exact) mass is 390 g/mol. The molecule has 1 aromatic carbocycles. The molecule has 2 aliphatic rings. The molecule has 0 unspecified atom stereocenters. The van der Waals surface area contributed by atoms with E-state index in [0.717, 1.165) is 37.9 Å². The number of hydrogen-bond acceptors (Lipinski definition) is 3. The molecule has 0 atom stereocenters. The lowest BCUT2D eigenvalue weighted by Gasteiger charge is -2.31. The van der Waals surface area contributed by atoms with Gasteiger partial charge in [-0.05, 0) is 68.9 Å². The zero-order chi connectivity index (χ0) is 19.9. The van der Waals surface area contributed by atoms with Crippen molar-refractivity contribution in [2.75, 3.05) is 19.6 Å². The van der Waals surface area contributed by atoms with Gasteiger partial charge in [0, 0.05) is 19.8 Å². The van der Waals surface area contributed by atoms with Crippen LogP contribution >= 0.6 is 0 Å². The number of fused-ring (bicyclic) bond motifs is 1. The quantitative estimate of drug-likeness (QED) is 0.755. The molecule has 1 saturated heterocycles. The Hall–Kier alpha value is -1.88. The number of nitrogens with one attached hydrogen (secondary N) is 1. The highest BCUT2D eigenvalue weighted by Crippen LogP contribution is 2.34. The summed E-state index contributed by atoms with van der Waals surface area (Å²) in [6, 6.07) is 5.83. The van der Waals surface area contributed by atoms with Crippen molar-refractivity contribution in [3.63, 3.8) is 0 Å². The lowest BCUT2D eigenvalue weighted by Crippen LogP contribution is -2.34. The fourth-order valence-electron chi connectivity index (χ4n) is 4.50. The van der Waals surface area contributed by atoms with Crippen molar-refractivity contribution in [2.45, 2.75) is 70.8 Å². The lowest BCUT2D eigenvalue weighted by molar-refractivity contribution is -0.119. The van der Waals surface area contributed by atoms with Crippen molar-refractivity contribution in [3.8, 4) is 0 Å². The first kappa shape index (κ1) is 20.8. The normalized spacial score (nSPS) is 19.2. The van der Waals surface area contributed by atoms with Crippen molar-refractivity contribution < 1.29 is 15.0 Å². The van der Waals surface area contributed by atoms with Crippen LogP contribution in [0.15, 0.2) is 28.9 Å². The van der Waals surface area contributed by atoms with Gasteiger partial charge in [-0.2, -0.15) is 0 Å². The number of piperidine rings is 1. The molecule has 0 spiro atoms. The largest absolute Gasteiger partial charge is 0.461 e. The summed E-state index contributed by atoms with van der Waals surface area (Å²) in [6.07, 6.45) is 10.2. The Labute approximate surface area is 168 Å². The molecule has 1 aliphatic heterocycles. The molecule has 4 rings (SSSR count). The number of amides is 1. The molecular weight excluding hydrogens is 355 g/mol. The van der Waals surface area contributed by atoms with Gasteiger partial charge in [0.15, 0.2) is 11.4 Å². The first-order valence-electron chi connectivity index (χ1n) is 10.7. The first-order valence-corrected chi connectivity index (χ1v) is 10.7. The van der Waals surface area contributed by atoms with Crippen LogP contribution in [0, 0.1) is 5.82 Å². The highest BCUT2D eigenvalue weighted by atomic mass is 19.1. The Morgan fingerprint density at radius 1 is 1.18 bits per heavy atom. The average molecular weight is 391 g/mol. The minimum Gasteiger partial charge on any atom is -0.461 e. The summed E-state index contributed by atoms with van der Waals surface area (Å²) in [4.78, 5) is 13.1. The average Bonchev–Trinajstić information content (AvgIpc) is 3.20. The third-order valence-corrected chi connectivity index (χ3v) is 6.09. The second-order valence-corrected chi connectivity index (χ2v) is 8.04. The number of halogens is 1. The van der Waals surface area contributed by atoms with E-state index in [1.54, 1.807) is 13.2 Å². The number of rotatable bonds is 3. The molecule has 2 heterocycles. The van der Waals surface area contributed by atoms with E-state index >= 15 is 0 Å². The summed E-state index contributed by atoms with van der Waals surface area (Å²) in [6.45, 7) is 7.19. The minimum atomic E-state index is -0.259. The van der Waals surface area contributed by atoms with E-state index in [0.29, 0.717) is 17.5 Å². The van der Waals surface area contributed by atoms with E-state index in [-0.39, 0.29) is 13.2 Å². The fourth-order valence-corrected chi connectivity index (χ4v) is 4.50. The zero-order valence-electron chi connectivity index (χ0n) is 17.2. The zero-order valence-corrected chi connectivity index (χ0v) is 17.2. The van der Waals surface area contributed by atoms with Crippen molar-refractivity contribution in [2.24, 2.45) is 0 Å². The Kier molecular flexibility index (Phi) is 7.49. The summed E-state index contributed by atoms with van der Waals surface area (Å²) in [5, 5.41) is 3.89. The van der Waals surface area contributed by atoms with E-state index in [2.05, 4.69) is 17.1 Å². The number of furan rings is 1. The van der Waals surface area contributed by atoms with Crippen LogP contribution in [-0.2, 0) is 4.79 Å². The van der Waals surface area contributed by atoms with E-state index in [9.17, 15) is 9.18 Å². The Balaban J connectivity index is 0.000000234. The molecule has 2 aromatic rings. The first-order chi connectivity index (χ1) is 13.6. The van der Waals surface area contributed by atoms with Crippen LogP contribution in [0.4, 0.5) is 4.39 Å². The summed E-state index contributed by atoms with van der Waals surface area (Å²) < 4.78 is 18.8. The minimum absolute atomic E-state index is 0. The number of carbonyl (C=O) groups is 1. The van der Waals surface area contributed by atoms with E-state index in [4.69, 9.17) is 4.42 Å². The van der Waals surface area contributed by atoms with E-state index in [1.807, 2.05) is 12.1 Å². The summed E-state index contributed by atoms with van der Waals surface area (Å²) in [5.74, 6) is 0.394. The standard InChI is InChI=1S/C15H18FNO.C8H15NO.H2/c1-2-17-8-5-11(6-9-17)12-3-4-14(16)15-13(12)7-10-18-15;1-7(10)9-8-5-3-2-4-6-8;/h3-4,7,10-11H,2,5-6,8-9H2,1H3;8H,2-6H2,1H3,(H,9,10);1H. The molecule has 1 N–H and O–H groups in total. The molecule has 28 heavy (non-hydrogen) atoms. The molecule has 1 amide bonds. The van der Waals surface area contributed by atoms with Gasteiger partial charge in [0.2, 0.25) is 5.91 Å². The molecular formula is C23H35FN2O2. The van der Waals surface area contributed by atoms with Crippen LogP contribution in [0.1, 0.15) is 71.7 Å². The van der Waals surface area contributed by atoms with Crippen LogP contribution in [0.25, 0.3) is 11.0 Å². The fraction of sp³-hybridized carbons (Fsp3) is 0.609. The Morgan fingerprint density at radius 3 is 2.54 bits per heavy atom. The van der Waals surface area contributed by atoms with E-state index in [1.165, 1.54) is 43.7 Å². The van der Waals surface area contributed by atoms with Gasteiger partial charge in [-0.25, -0.2) is 4.39 Å². The highest BCUT2D eigenvalue weighted by molar-refractivity contribution is 5.82.